The van der Waals surface area contributed by atoms with Crippen molar-refractivity contribution in [2.75, 3.05) is 24.6 Å². The van der Waals surface area contributed by atoms with Gasteiger partial charge in [-0.05, 0) is 60.3 Å². The van der Waals surface area contributed by atoms with E-state index in [4.69, 9.17) is 0 Å². The highest BCUT2D eigenvalue weighted by molar-refractivity contribution is 7.91. The van der Waals surface area contributed by atoms with Crippen LogP contribution >= 0.6 is 0 Å². The molecule has 5 rings (SSSR count). The van der Waals surface area contributed by atoms with Crippen molar-refractivity contribution in [1.29, 1.82) is 0 Å². The van der Waals surface area contributed by atoms with Crippen molar-refractivity contribution in [3.63, 3.8) is 0 Å². The van der Waals surface area contributed by atoms with Gasteiger partial charge in [-0.3, -0.25) is 19.2 Å². The third kappa shape index (κ3) is 9.43. The molecule has 286 valence electrons. The van der Waals surface area contributed by atoms with Gasteiger partial charge in [-0.2, -0.15) is 0 Å². The van der Waals surface area contributed by atoms with E-state index in [1.165, 1.54) is 11.0 Å². The fraction of sp³-hybridized carbons (Fsp3) is 0.667. The fourth-order valence-corrected chi connectivity index (χ4v) is 10.5. The Hall–Kier alpha value is -3.74. The molecule has 5 atom stereocenters. The summed E-state index contributed by atoms with van der Waals surface area (Å²) in [5.41, 5.74) is -0.660. The summed E-state index contributed by atoms with van der Waals surface area (Å²) in [6.45, 7) is 12.1. The van der Waals surface area contributed by atoms with Gasteiger partial charge in [0.05, 0.1) is 23.1 Å². The van der Waals surface area contributed by atoms with E-state index in [-0.39, 0.29) is 47.1 Å². The molecule has 4 fully saturated rings. The van der Waals surface area contributed by atoms with Crippen LogP contribution in [0.5, 0.6) is 0 Å². The van der Waals surface area contributed by atoms with E-state index < -0.39 is 63.0 Å². The minimum Gasteiger partial charge on any atom is -0.346 e. The quantitative estimate of drug-likeness (QED) is 0.139. The first-order valence-electron chi connectivity index (χ1n) is 19.0. The van der Waals surface area contributed by atoms with E-state index in [1.54, 1.807) is 30.3 Å². The van der Waals surface area contributed by atoms with E-state index in [9.17, 15) is 32.4 Å². The van der Waals surface area contributed by atoms with Gasteiger partial charge in [0.1, 0.15) is 12.1 Å². The molecule has 13 heteroatoms. The summed E-state index contributed by atoms with van der Waals surface area (Å²) in [7, 11) is -3.47. The molecule has 1 aliphatic heterocycles. The molecule has 0 spiro atoms. The lowest BCUT2D eigenvalue weighted by Gasteiger charge is -2.39. The fourth-order valence-electron chi connectivity index (χ4n) is 8.35. The molecule has 1 aromatic rings. The van der Waals surface area contributed by atoms with E-state index >= 15 is 0 Å². The minimum absolute atomic E-state index is 0.0347. The first kappa shape index (κ1) is 39.5. The standard InChI is InChI=1S/C39H57N5O7S/c1-6-20-40-35(47)33(45)29(22-26-15-16-26)41-34(46)32-30-28(38(30,4)5)23-44(32)36(48)31(27-13-9-7-10-14-27)42-37(49)43-39(18-11-8-12-19-39)24-52(50,51)21-17-25(2)3/h6-7,9-10,13-14,25-26,28-32H,1,8,11-12,15-24H2,2-5H3,(H,40,47)(H,41,46)(H2,42,43,49)/t28-,29?,30?,31+,32+/m1/s1. The Bertz CT molecular complexity index is 1620. The number of nitrogens with one attached hydrogen (secondary N) is 4. The Morgan fingerprint density at radius 1 is 1.00 bits per heavy atom. The topological polar surface area (TPSA) is 171 Å². The molecule has 12 nitrogen and oxygen atoms in total. The third-order valence-electron chi connectivity index (χ3n) is 11.6. The van der Waals surface area contributed by atoms with E-state index in [1.807, 2.05) is 13.8 Å². The predicted molar refractivity (Wildman–Crippen MR) is 199 cm³/mol. The van der Waals surface area contributed by atoms with Crippen LogP contribution in [0, 0.1) is 29.1 Å². The number of likely N-dealkylation sites (tertiary alicyclic amines) is 1. The van der Waals surface area contributed by atoms with Gasteiger partial charge >= 0.3 is 6.03 Å². The maximum absolute atomic E-state index is 14.6. The van der Waals surface area contributed by atoms with Crippen LogP contribution in [-0.2, 0) is 29.0 Å². The van der Waals surface area contributed by atoms with Crippen molar-refractivity contribution in [2.45, 2.75) is 109 Å². The second-order valence-corrected chi connectivity index (χ2v) is 18.7. The van der Waals surface area contributed by atoms with Gasteiger partial charge in [0.15, 0.2) is 9.84 Å². The molecule has 4 aliphatic rings. The average molecular weight is 740 g/mol. The average Bonchev–Trinajstić information content (AvgIpc) is 3.95. The van der Waals surface area contributed by atoms with Crippen LogP contribution in [-0.4, -0.2) is 85.1 Å². The number of rotatable bonds is 17. The number of Topliss-reactive ketones (excluding diaryl/α,β-unsaturated/α-hetero) is 1. The lowest BCUT2D eigenvalue weighted by molar-refractivity contribution is -0.144. The lowest BCUT2D eigenvalue weighted by Crippen LogP contribution is -2.59. The molecular weight excluding hydrogens is 683 g/mol. The first-order valence-corrected chi connectivity index (χ1v) is 20.8. The van der Waals surface area contributed by atoms with Crippen molar-refractivity contribution in [3.05, 3.63) is 48.6 Å². The summed E-state index contributed by atoms with van der Waals surface area (Å²) in [5.74, 6) is -2.28. The largest absolute Gasteiger partial charge is 0.346 e. The number of benzene rings is 1. The maximum Gasteiger partial charge on any atom is 0.316 e. The molecule has 0 radical (unpaired) electrons. The summed E-state index contributed by atoms with van der Waals surface area (Å²) in [6, 6.07) is 5.05. The minimum atomic E-state index is -3.47. The molecule has 1 saturated heterocycles. The zero-order chi connectivity index (χ0) is 37.8. The summed E-state index contributed by atoms with van der Waals surface area (Å²) in [6.07, 6.45) is 7.73. The number of ketones is 1. The van der Waals surface area contributed by atoms with Crippen molar-refractivity contribution in [2.24, 2.45) is 29.1 Å². The number of hydrogen-bond acceptors (Lipinski definition) is 7. The van der Waals surface area contributed by atoms with Gasteiger partial charge < -0.3 is 26.2 Å². The van der Waals surface area contributed by atoms with Crippen molar-refractivity contribution in [1.82, 2.24) is 26.2 Å². The van der Waals surface area contributed by atoms with Gasteiger partial charge in [-0.25, -0.2) is 13.2 Å². The zero-order valence-electron chi connectivity index (χ0n) is 31.1. The van der Waals surface area contributed by atoms with Crippen molar-refractivity contribution < 1.29 is 32.4 Å². The number of urea groups is 1. The first-order chi connectivity index (χ1) is 24.6. The van der Waals surface area contributed by atoms with Crippen LogP contribution in [0.1, 0.15) is 97.1 Å². The number of nitrogens with zero attached hydrogens (tertiary/aromatic N) is 1. The van der Waals surface area contributed by atoms with Gasteiger partial charge in [0.25, 0.3) is 11.8 Å². The molecular formula is C39H57N5O7S. The molecule has 0 aromatic heterocycles. The van der Waals surface area contributed by atoms with E-state index in [0.29, 0.717) is 37.8 Å². The number of piperidine rings is 1. The number of carbonyl (C=O) groups is 5. The van der Waals surface area contributed by atoms with Gasteiger partial charge in [-0.1, -0.05) is 96.2 Å². The number of sulfone groups is 1. The summed E-state index contributed by atoms with van der Waals surface area (Å²) in [4.78, 5) is 70.1. The van der Waals surface area contributed by atoms with Crippen LogP contribution in [0.4, 0.5) is 4.79 Å². The van der Waals surface area contributed by atoms with Crippen LogP contribution in [0.2, 0.25) is 0 Å². The second kappa shape index (κ2) is 16.1. The predicted octanol–water partition coefficient (Wildman–Crippen LogP) is 3.83. The highest BCUT2D eigenvalue weighted by Gasteiger charge is 2.69. The molecule has 1 heterocycles. The number of hydrogen-bond donors (Lipinski definition) is 4. The van der Waals surface area contributed by atoms with Gasteiger partial charge in [-0.15, -0.1) is 6.58 Å². The van der Waals surface area contributed by atoms with Crippen LogP contribution in [0.15, 0.2) is 43.0 Å². The smallest absolute Gasteiger partial charge is 0.316 e. The Kier molecular flexibility index (Phi) is 12.2. The highest BCUT2D eigenvalue weighted by atomic mass is 32.2. The summed E-state index contributed by atoms with van der Waals surface area (Å²) >= 11 is 0. The maximum atomic E-state index is 14.6. The molecule has 3 aliphatic carbocycles. The van der Waals surface area contributed by atoms with Crippen molar-refractivity contribution >= 4 is 39.4 Å². The zero-order valence-corrected chi connectivity index (χ0v) is 31.9. The molecule has 5 amide bonds. The normalized spacial score (nSPS) is 24.2. The second-order valence-electron chi connectivity index (χ2n) is 16.5. The van der Waals surface area contributed by atoms with E-state index in [0.717, 1.165) is 32.1 Å². The molecule has 0 bridgehead atoms. The van der Waals surface area contributed by atoms with Gasteiger partial charge in [0.2, 0.25) is 11.7 Å². The van der Waals surface area contributed by atoms with Crippen LogP contribution in [0.3, 0.4) is 0 Å². The summed E-state index contributed by atoms with van der Waals surface area (Å²) < 4.78 is 26.5. The Morgan fingerprint density at radius 2 is 1.67 bits per heavy atom. The number of carbonyl (C=O) groups excluding carboxylic acids is 5. The SMILES string of the molecule is C=CCNC(=O)C(=O)C(CC1CC1)NC(=O)[C@@H]1C2[C@@H](CN1C(=O)[C@@H](NC(=O)NC1(CS(=O)(=O)CCC(C)C)CCCCC1)c1ccccc1)C2(C)C. The number of amides is 5. The van der Waals surface area contributed by atoms with Crippen molar-refractivity contribution in [3.8, 4) is 0 Å². The van der Waals surface area contributed by atoms with E-state index in [2.05, 4.69) is 41.7 Å². The highest BCUT2D eigenvalue weighted by Crippen LogP contribution is 2.65. The Balaban J connectivity index is 1.37. The van der Waals surface area contributed by atoms with Gasteiger partial charge in [0, 0.05) is 13.1 Å². The molecule has 4 N–H and O–H groups in total. The van der Waals surface area contributed by atoms with Crippen LogP contribution < -0.4 is 21.3 Å². The summed E-state index contributed by atoms with van der Waals surface area (Å²) in [5, 5.41) is 11.3. The Morgan fingerprint density at radius 3 is 2.29 bits per heavy atom. The lowest BCUT2D eigenvalue weighted by atomic mass is 9.83. The molecule has 2 unspecified atom stereocenters. The molecule has 52 heavy (non-hydrogen) atoms. The number of fused-ring (bicyclic) bond motifs is 1. The van der Waals surface area contributed by atoms with Crippen LogP contribution in [0.25, 0.3) is 0 Å². The molecule has 1 aromatic carbocycles. The Labute approximate surface area is 308 Å². The third-order valence-corrected chi connectivity index (χ3v) is 13.5. The molecule has 3 saturated carbocycles. The monoisotopic (exact) mass is 739 g/mol.